The summed E-state index contributed by atoms with van der Waals surface area (Å²) in [5, 5.41) is 3.49. The molecule has 0 spiro atoms. The maximum absolute atomic E-state index is 12.6. The smallest absolute Gasteiger partial charge is 0.258 e. The van der Waals surface area contributed by atoms with Gasteiger partial charge in [0.25, 0.3) is 11.5 Å². The number of carbonyl (C=O) groups excluding carboxylic acids is 2. The number of nitrogens with zero attached hydrogens (tertiary/aromatic N) is 3. The Morgan fingerprint density at radius 1 is 1.16 bits per heavy atom. The van der Waals surface area contributed by atoms with Crippen LogP contribution in [-0.4, -0.2) is 52.9 Å². The summed E-state index contributed by atoms with van der Waals surface area (Å²) in [6.07, 6.45) is 10.1. The van der Waals surface area contributed by atoms with E-state index in [0.29, 0.717) is 54.9 Å². The summed E-state index contributed by atoms with van der Waals surface area (Å²) >= 11 is 0. The number of rotatable bonds is 9. The number of amides is 2. The van der Waals surface area contributed by atoms with Crippen molar-refractivity contribution >= 4 is 28.4 Å². The number of nitrogens with one attached hydrogen (secondary N) is 2. The standard InChI is InChI=1S/C29H33N5O3/c1-3-16-34(20-22-9-14-26-25(19-22)29(37)32-21(2)31-26)24-12-10-23(11-13-24)28(36)30-15-7-18-33-17-6-4-5-8-27(33)35/h1,9-14,19H,4-8,15-18,20H2,2H3,(H,30,36)(H,31,32,37). The molecule has 2 amide bonds. The molecular weight excluding hydrogens is 466 g/mol. The van der Waals surface area contributed by atoms with Gasteiger partial charge in [0, 0.05) is 43.9 Å². The number of anilines is 1. The maximum Gasteiger partial charge on any atom is 0.258 e. The summed E-state index contributed by atoms with van der Waals surface area (Å²) < 4.78 is 0. The van der Waals surface area contributed by atoms with Crippen molar-refractivity contribution in [3.63, 3.8) is 0 Å². The Morgan fingerprint density at radius 2 is 1.97 bits per heavy atom. The van der Waals surface area contributed by atoms with Crippen molar-refractivity contribution in [2.24, 2.45) is 0 Å². The summed E-state index contributed by atoms with van der Waals surface area (Å²) in [6.45, 7) is 4.65. The Kier molecular flexibility index (Phi) is 8.57. The van der Waals surface area contributed by atoms with Gasteiger partial charge in [-0.3, -0.25) is 14.4 Å². The van der Waals surface area contributed by atoms with Gasteiger partial charge >= 0.3 is 0 Å². The van der Waals surface area contributed by atoms with Crippen LogP contribution >= 0.6 is 0 Å². The number of aryl methyl sites for hydroxylation is 1. The molecule has 1 aliphatic rings. The lowest BCUT2D eigenvalue weighted by molar-refractivity contribution is -0.130. The third-order valence-electron chi connectivity index (χ3n) is 6.60. The number of benzene rings is 2. The van der Waals surface area contributed by atoms with Crippen LogP contribution in [0.15, 0.2) is 47.3 Å². The number of aromatic amines is 1. The Morgan fingerprint density at radius 3 is 2.76 bits per heavy atom. The monoisotopic (exact) mass is 499 g/mol. The second kappa shape index (κ2) is 12.2. The van der Waals surface area contributed by atoms with Crippen LogP contribution in [0.3, 0.4) is 0 Å². The molecule has 2 N–H and O–H groups in total. The highest BCUT2D eigenvalue weighted by atomic mass is 16.2. The van der Waals surface area contributed by atoms with E-state index in [2.05, 4.69) is 21.2 Å². The predicted molar refractivity (Wildman–Crippen MR) is 145 cm³/mol. The van der Waals surface area contributed by atoms with Crippen LogP contribution in [0.25, 0.3) is 10.9 Å². The highest BCUT2D eigenvalue weighted by molar-refractivity contribution is 5.94. The fourth-order valence-electron chi connectivity index (χ4n) is 4.64. The molecule has 0 radical (unpaired) electrons. The lowest BCUT2D eigenvalue weighted by atomic mass is 10.1. The van der Waals surface area contributed by atoms with Gasteiger partial charge in [-0.1, -0.05) is 18.4 Å². The van der Waals surface area contributed by atoms with Crippen molar-refractivity contribution in [1.82, 2.24) is 20.2 Å². The van der Waals surface area contributed by atoms with Crippen molar-refractivity contribution in [3.8, 4) is 12.3 Å². The molecule has 1 saturated heterocycles. The number of H-pyrrole nitrogens is 1. The molecule has 2 aromatic carbocycles. The number of likely N-dealkylation sites (tertiary alicyclic amines) is 1. The minimum atomic E-state index is -0.166. The Hall–Kier alpha value is -4.12. The molecular formula is C29H33N5O3. The second-order valence-electron chi connectivity index (χ2n) is 9.41. The van der Waals surface area contributed by atoms with Crippen LogP contribution in [0.2, 0.25) is 0 Å². The second-order valence-corrected chi connectivity index (χ2v) is 9.41. The minimum Gasteiger partial charge on any atom is -0.356 e. The number of hydrogen-bond donors (Lipinski definition) is 2. The number of aromatic nitrogens is 2. The predicted octanol–water partition coefficient (Wildman–Crippen LogP) is 3.39. The average Bonchev–Trinajstić information content (AvgIpc) is 3.10. The molecule has 1 aromatic heterocycles. The number of hydrogen-bond acceptors (Lipinski definition) is 5. The fraction of sp³-hybridized carbons (Fsp3) is 0.379. The molecule has 2 heterocycles. The third-order valence-corrected chi connectivity index (χ3v) is 6.60. The van der Waals surface area contributed by atoms with Crippen molar-refractivity contribution in [2.75, 3.05) is 31.1 Å². The zero-order valence-electron chi connectivity index (χ0n) is 21.3. The zero-order valence-corrected chi connectivity index (χ0v) is 21.3. The highest BCUT2D eigenvalue weighted by Crippen LogP contribution is 2.20. The van der Waals surface area contributed by atoms with Crippen LogP contribution in [0, 0.1) is 19.3 Å². The van der Waals surface area contributed by atoms with Crippen LogP contribution < -0.4 is 15.8 Å². The Balaban J connectivity index is 1.35. The highest BCUT2D eigenvalue weighted by Gasteiger charge is 2.16. The molecule has 37 heavy (non-hydrogen) atoms. The first-order chi connectivity index (χ1) is 17.9. The van der Waals surface area contributed by atoms with E-state index >= 15 is 0 Å². The van der Waals surface area contributed by atoms with Crippen molar-refractivity contribution in [1.29, 1.82) is 0 Å². The fourth-order valence-corrected chi connectivity index (χ4v) is 4.64. The largest absolute Gasteiger partial charge is 0.356 e. The van der Waals surface area contributed by atoms with Crippen LogP contribution in [0.1, 0.15) is 53.8 Å². The molecule has 0 atom stereocenters. The lowest BCUT2D eigenvalue weighted by Gasteiger charge is -2.23. The van der Waals surface area contributed by atoms with Crippen molar-refractivity contribution in [3.05, 3.63) is 69.8 Å². The van der Waals surface area contributed by atoms with E-state index in [0.717, 1.165) is 43.5 Å². The van der Waals surface area contributed by atoms with Crippen molar-refractivity contribution < 1.29 is 9.59 Å². The molecule has 1 fully saturated rings. The van der Waals surface area contributed by atoms with Crippen LogP contribution in [0.5, 0.6) is 0 Å². The van der Waals surface area contributed by atoms with Gasteiger partial charge in [0.05, 0.1) is 17.4 Å². The van der Waals surface area contributed by atoms with E-state index in [-0.39, 0.29) is 17.4 Å². The number of terminal acetylenes is 1. The molecule has 3 aromatic rings. The van der Waals surface area contributed by atoms with E-state index in [4.69, 9.17) is 6.42 Å². The normalized spacial score (nSPS) is 13.7. The van der Waals surface area contributed by atoms with E-state index in [9.17, 15) is 14.4 Å². The van der Waals surface area contributed by atoms with Gasteiger partial charge in [-0.15, -0.1) is 6.42 Å². The molecule has 0 saturated carbocycles. The molecule has 8 nitrogen and oxygen atoms in total. The van der Waals surface area contributed by atoms with Gasteiger partial charge < -0.3 is 20.1 Å². The lowest BCUT2D eigenvalue weighted by Crippen LogP contribution is -2.34. The zero-order chi connectivity index (χ0) is 26.2. The molecule has 0 aliphatic carbocycles. The average molecular weight is 500 g/mol. The third kappa shape index (κ3) is 6.76. The molecule has 192 valence electrons. The summed E-state index contributed by atoms with van der Waals surface area (Å²) in [7, 11) is 0. The molecule has 8 heteroatoms. The Bertz CT molecular complexity index is 1360. The first-order valence-corrected chi connectivity index (χ1v) is 12.8. The van der Waals surface area contributed by atoms with Crippen LogP contribution in [-0.2, 0) is 11.3 Å². The summed E-state index contributed by atoms with van der Waals surface area (Å²) in [5.74, 6) is 3.34. The first-order valence-electron chi connectivity index (χ1n) is 12.8. The van der Waals surface area contributed by atoms with Gasteiger partial charge in [-0.05, 0) is 68.1 Å². The molecule has 1 aliphatic heterocycles. The van der Waals surface area contributed by atoms with Gasteiger partial charge in [0.15, 0.2) is 0 Å². The SMILES string of the molecule is C#CCN(Cc1ccc2nc(C)[nH]c(=O)c2c1)c1ccc(C(=O)NCCCN2CCCCCC2=O)cc1. The van der Waals surface area contributed by atoms with Crippen LogP contribution in [0.4, 0.5) is 5.69 Å². The van der Waals surface area contributed by atoms with Gasteiger partial charge in [0.1, 0.15) is 5.82 Å². The summed E-state index contributed by atoms with van der Waals surface area (Å²) in [4.78, 5) is 48.1. The summed E-state index contributed by atoms with van der Waals surface area (Å²) in [5.41, 5.74) is 2.87. The van der Waals surface area contributed by atoms with E-state index in [1.165, 1.54) is 0 Å². The maximum atomic E-state index is 12.6. The molecule has 0 unspecified atom stereocenters. The first kappa shape index (κ1) is 26.0. The summed E-state index contributed by atoms with van der Waals surface area (Å²) in [6, 6.07) is 12.9. The van der Waals surface area contributed by atoms with E-state index in [1.807, 2.05) is 40.1 Å². The molecule has 0 bridgehead atoms. The van der Waals surface area contributed by atoms with Gasteiger partial charge in [0.2, 0.25) is 5.91 Å². The number of carbonyl (C=O) groups is 2. The van der Waals surface area contributed by atoms with E-state index in [1.54, 1.807) is 19.1 Å². The quantitative estimate of drug-likeness (QED) is 0.347. The topological polar surface area (TPSA) is 98.4 Å². The Labute approximate surface area is 217 Å². The van der Waals surface area contributed by atoms with E-state index < -0.39 is 0 Å². The van der Waals surface area contributed by atoms with Gasteiger partial charge in [-0.25, -0.2) is 4.98 Å². The minimum absolute atomic E-state index is 0.145. The number of fused-ring (bicyclic) bond motifs is 1. The molecule has 4 rings (SSSR count). The van der Waals surface area contributed by atoms with Gasteiger partial charge in [-0.2, -0.15) is 0 Å². The van der Waals surface area contributed by atoms with Crippen molar-refractivity contribution in [2.45, 2.75) is 45.6 Å².